The average molecular weight is 433 g/mol. The molecule has 2 aromatic rings. The third-order valence-corrected chi connectivity index (χ3v) is 5.62. The summed E-state index contributed by atoms with van der Waals surface area (Å²) in [4.78, 5) is 31.2. The van der Waals surface area contributed by atoms with Crippen LogP contribution in [0.2, 0.25) is 0 Å². The van der Waals surface area contributed by atoms with Crippen LogP contribution in [0.1, 0.15) is 47.3 Å². The van der Waals surface area contributed by atoms with Crippen molar-refractivity contribution in [2.45, 2.75) is 44.7 Å². The van der Waals surface area contributed by atoms with Crippen molar-refractivity contribution >= 4 is 29.9 Å². The third kappa shape index (κ3) is 4.96. The second kappa shape index (κ2) is 10.00. The van der Waals surface area contributed by atoms with Crippen LogP contribution in [0, 0.1) is 5.82 Å². The molecule has 8 heteroatoms. The largest absolute Gasteiger partial charge is 0.330 e. The van der Waals surface area contributed by atoms with Crippen molar-refractivity contribution < 1.29 is 14.0 Å². The smallest absolute Gasteiger partial charge is 0.257 e. The maximum Gasteiger partial charge on any atom is 0.257 e. The van der Waals surface area contributed by atoms with Crippen molar-refractivity contribution in [1.82, 2.24) is 15.2 Å². The Morgan fingerprint density at radius 2 is 2.07 bits per heavy atom. The number of fused-ring (bicyclic) bond motifs is 1. The first-order valence-corrected chi connectivity index (χ1v) is 10.2. The SMILES string of the molecule is Cl.O=C1CCc2cc(C(=O)N(Cc3ccccn3)C3CCCNCC3)c(F)cc2N1. The van der Waals surface area contributed by atoms with Crippen LogP contribution in [0.15, 0.2) is 36.5 Å². The van der Waals surface area contributed by atoms with Gasteiger partial charge in [-0.15, -0.1) is 12.4 Å². The molecule has 2 aliphatic rings. The van der Waals surface area contributed by atoms with Crippen molar-refractivity contribution in [3.8, 4) is 0 Å². The number of carbonyl (C=O) groups excluding carboxylic acids is 2. The van der Waals surface area contributed by atoms with Gasteiger partial charge in [0.25, 0.3) is 5.91 Å². The summed E-state index contributed by atoms with van der Waals surface area (Å²) >= 11 is 0. The first kappa shape index (κ1) is 22.2. The van der Waals surface area contributed by atoms with Gasteiger partial charge in [-0.25, -0.2) is 4.39 Å². The number of nitrogens with zero attached hydrogens (tertiary/aromatic N) is 2. The van der Waals surface area contributed by atoms with Crippen LogP contribution < -0.4 is 10.6 Å². The summed E-state index contributed by atoms with van der Waals surface area (Å²) in [6.07, 6.45) is 5.22. The highest BCUT2D eigenvalue weighted by Crippen LogP contribution is 2.28. The van der Waals surface area contributed by atoms with Gasteiger partial charge >= 0.3 is 0 Å². The van der Waals surface area contributed by atoms with Crippen LogP contribution in [-0.2, 0) is 17.8 Å². The Hall–Kier alpha value is -2.51. The minimum absolute atomic E-state index is 0. The van der Waals surface area contributed by atoms with Crippen LogP contribution in [0.3, 0.4) is 0 Å². The number of carbonyl (C=O) groups is 2. The number of aromatic nitrogens is 1. The van der Waals surface area contributed by atoms with E-state index in [1.807, 2.05) is 18.2 Å². The predicted molar refractivity (Wildman–Crippen MR) is 115 cm³/mol. The van der Waals surface area contributed by atoms with Gasteiger partial charge in [-0.2, -0.15) is 0 Å². The zero-order valence-corrected chi connectivity index (χ0v) is 17.5. The highest BCUT2D eigenvalue weighted by molar-refractivity contribution is 5.98. The lowest BCUT2D eigenvalue weighted by Crippen LogP contribution is -2.41. The van der Waals surface area contributed by atoms with Crippen molar-refractivity contribution in [2.75, 3.05) is 18.4 Å². The molecule has 1 atom stereocenters. The number of aryl methyl sites for hydroxylation is 1. The molecular weight excluding hydrogens is 407 g/mol. The van der Waals surface area contributed by atoms with E-state index in [2.05, 4.69) is 15.6 Å². The summed E-state index contributed by atoms with van der Waals surface area (Å²) in [7, 11) is 0. The molecule has 0 saturated carbocycles. The topological polar surface area (TPSA) is 74.3 Å². The summed E-state index contributed by atoms with van der Waals surface area (Å²) in [6, 6.07) is 8.51. The fourth-order valence-corrected chi connectivity index (χ4v) is 4.07. The third-order valence-electron chi connectivity index (χ3n) is 5.62. The summed E-state index contributed by atoms with van der Waals surface area (Å²) < 4.78 is 14.9. The summed E-state index contributed by atoms with van der Waals surface area (Å²) in [5, 5.41) is 6.05. The minimum Gasteiger partial charge on any atom is -0.330 e. The molecule has 2 N–H and O–H groups in total. The lowest BCUT2D eigenvalue weighted by atomic mass is 9.98. The fourth-order valence-electron chi connectivity index (χ4n) is 4.07. The number of anilines is 1. The lowest BCUT2D eigenvalue weighted by molar-refractivity contribution is -0.116. The van der Waals surface area contributed by atoms with Crippen molar-refractivity contribution in [3.63, 3.8) is 0 Å². The molecule has 30 heavy (non-hydrogen) atoms. The molecule has 0 radical (unpaired) electrons. The molecule has 0 bridgehead atoms. The van der Waals surface area contributed by atoms with Crippen LogP contribution in [-0.4, -0.2) is 40.8 Å². The van der Waals surface area contributed by atoms with Gasteiger partial charge in [0.05, 0.1) is 17.8 Å². The summed E-state index contributed by atoms with van der Waals surface area (Å²) in [6.45, 7) is 2.10. The van der Waals surface area contributed by atoms with E-state index in [0.29, 0.717) is 25.1 Å². The first-order valence-electron chi connectivity index (χ1n) is 10.2. The van der Waals surface area contributed by atoms with Crippen LogP contribution in [0.25, 0.3) is 0 Å². The molecule has 160 valence electrons. The number of rotatable bonds is 4. The number of hydrogen-bond acceptors (Lipinski definition) is 4. The monoisotopic (exact) mass is 432 g/mol. The number of benzene rings is 1. The average Bonchev–Trinajstić information content (AvgIpc) is 3.01. The second-order valence-corrected chi connectivity index (χ2v) is 7.63. The van der Waals surface area contributed by atoms with E-state index in [1.165, 1.54) is 6.07 Å². The van der Waals surface area contributed by atoms with E-state index >= 15 is 0 Å². The lowest BCUT2D eigenvalue weighted by Gasteiger charge is -2.31. The Bertz CT molecular complexity index is 902. The maximum atomic E-state index is 14.9. The van der Waals surface area contributed by atoms with Gasteiger partial charge < -0.3 is 15.5 Å². The van der Waals surface area contributed by atoms with Crippen LogP contribution >= 0.6 is 12.4 Å². The van der Waals surface area contributed by atoms with Gasteiger partial charge in [0, 0.05) is 24.3 Å². The molecule has 2 aliphatic heterocycles. The Labute approximate surface area is 181 Å². The second-order valence-electron chi connectivity index (χ2n) is 7.63. The fraction of sp³-hybridized carbons (Fsp3) is 0.409. The number of nitrogens with one attached hydrogen (secondary N) is 2. The zero-order chi connectivity index (χ0) is 20.2. The van der Waals surface area contributed by atoms with Crippen LogP contribution in [0.5, 0.6) is 0 Å². The minimum atomic E-state index is -0.603. The number of amides is 2. The van der Waals surface area contributed by atoms with E-state index in [9.17, 15) is 14.0 Å². The first-order chi connectivity index (χ1) is 14.1. The van der Waals surface area contributed by atoms with Crippen LogP contribution in [0.4, 0.5) is 10.1 Å². The highest BCUT2D eigenvalue weighted by atomic mass is 35.5. The summed E-state index contributed by atoms with van der Waals surface area (Å²) in [5.74, 6) is -1.05. The van der Waals surface area contributed by atoms with E-state index < -0.39 is 5.82 Å². The van der Waals surface area contributed by atoms with Gasteiger partial charge in [-0.05, 0) is 68.6 Å². The van der Waals surface area contributed by atoms with Crippen molar-refractivity contribution in [2.24, 2.45) is 0 Å². The number of halogens is 2. The summed E-state index contributed by atoms with van der Waals surface area (Å²) in [5.41, 5.74) is 2.11. The van der Waals surface area contributed by atoms with E-state index in [1.54, 1.807) is 17.2 Å². The molecule has 2 amide bonds. The van der Waals surface area contributed by atoms with Gasteiger partial charge in [0.1, 0.15) is 5.82 Å². The normalized spacial score (nSPS) is 18.4. The molecule has 1 unspecified atom stereocenters. The highest BCUT2D eigenvalue weighted by Gasteiger charge is 2.29. The molecule has 3 heterocycles. The molecule has 1 fully saturated rings. The quantitative estimate of drug-likeness (QED) is 0.777. The Morgan fingerprint density at radius 3 is 2.87 bits per heavy atom. The van der Waals surface area contributed by atoms with E-state index in [-0.39, 0.29) is 35.8 Å². The molecule has 4 rings (SSSR count). The van der Waals surface area contributed by atoms with Gasteiger partial charge in [0.15, 0.2) is 0 Å². The standard InChI is InChI=1S/C22H25FN4O2.ClH/c23-19-13-20-15(6-7-21(28)26-20)12-18(19)22(29)27(14-16-4-1-2-10-25-16)17-5-3-9-24-11-8-17;/h1-2,4,10,12-13,17,24H,3,5-9,11,14H2,(H,26,28);1H. The number of hydrogen-bond donors (Lipinski definition) is 2. The maximum absolute atomic E-state index is 14.9. The molecule has 6 nitrogen and oxygen atoms in total. The van der Waals surface area contributed by atoms with Crippen molar-refractivity contribution in [1.29, 1.82) is 0 Å². The zero-order valence-electron chi connectivity index (χ0n) is 16.7. The Kier molecular flexibility index (Phi) is 7.39. The van der Waals surface area contributed by atoms with E-state index in [0.717, 1.165) is 43.6 Å². The molecule has 0 aliphatic carbocycles. The Balaban J connectivity index is 0.00000256. The van der Waals surface area contributed by atoms with Crippen molar-refractivity contribution in [3.05, 3.63) is 59.2 Å². The Morgan fingerprint density at radius 1 is 1.20 bits per heavy atom. The predicted octanol–water partition coefficient (Wildman–Crippen LogP) is 3.31. The van der Waals surface area contributed by atoms with Gasteiger partial charge in [-0.1, -0.05) is 6.07 Å². The van der Waals surface area contributed by atoms with Gasteiger partial charge in [0.2, 0.25) is 5.91 Å². The molecule has 1 saturated heterocycles. The van der Waals surface area contributed by atoms with E-state index in [4.69, 9.17) is 0 Å². The molecular formula is C22H26ClFN4O2. The molecule has 1 aromatic carbocycles. The van der Waals surface area contributed by atoms with Gasteiger partial charge in [-0.3, -0.25) is 14.6 Å². The number of pyridine rings is 1. The molecule has 0 spiro atoms. The molecule has 1 aromatic heterocycles.